The molecule has 0 unspecified atom stereocenters. The van der Waals surface area contributed by atoms with Gasteiger partial charge in [-0.1, -0.05) is 5.16 Å². The van der Waals surface area contributed by atoms with Gasteiger partial charge in [0.1, 0.15) is 17.3 Å². The predicted molar refractivity (Wildman–Crippen MR) is 91.6 cm³/mol. The normalized spacial score (nSPS) is 10.4. The molecule has 0 aliphatic heterocycles. The molecule has 0 atom stereocenters. The molecule has 1 heterocycles. The van der Waals surface area contributed by atoms with Crippen molar-refractivity contribution in [2.24, 2.45) is 0 Å². The first-order valence-electron chi connectivity index (χ1n) is 7.77. The molecule has 0 aliphatic rings. The van der Waals surface area contributed by atoms with Gasteiger partial charge in [-0.2, -0.15) is 0 Å². The molecule has 1 N–H and O–H groups in total. The van der Waals surface area contributed by atoms with Crippen LogP contribution in [0.3, 0.4) is 0 Å². The quantitative estimate of drug-likeness (QED) is 0.687. The number of ketones is 1. The Bertz CT molecular complexity index is 917. The number of carbonyl (C=O) groups is 2. The summed E-state index contributed by atoms with van der Waals surface area (Å²) in [6, 6.07) is 13.3. The van der Waals surface area contributed by atoms with E-state index in [1.807, 2.05) is 0 Å². The Balaban J connectivity index is 1.56. The summed E-state index contributed by atoms with van der Waals surface area (Å²) in [5, 5.41) is 6.19. The molecular weight excluding hydrogens is 339 g/mol. The Morgan fingerprint density at radius 3 is 2.27 bits per heavy atom. The standard InChI is InChI=1S/C19H15FN2O4/c1-12-10-17(22-26-12)21-18(23)11-25-16-8-4-14(5-9-16)19(24)13-2-6-15(20)7-3-13/h2-10H,11H2,1H3,(H,21,22,23). The van der Waals surface area contributed by atoms with Crippen LogP contribution in [0.5, 0.6) is 5.75 Å². The summed E-state index contributed by atoms with van der Waals surface area (Å²) in [5.74, 6) is 0.330. The van der Waals surface area contributed by atoms with E-state index in [0.29, 0.717) is 28.5 Å². The average molecular weight is 354 g/mol. The van der Waals surface area contributed by atoms with Crippen molar-refractivity contribution in [1.29, 1.82) is 0 Å². The molecule has 0 fully saturated rings. The summed E-state index contributed by atoms with van der Waals surface area (Å²) >= 11 is 0. The monoisotopic (exact) mass is 354 g/mol. The molecule has 0 bridgehead atoms. The molecular formula is C19H15FN2O4. The fourth-order valence-electron chi connectivity index (χ4n) is 2.22. The zero-order valence-electron chi connectivity index (χ0n) is 13.9. The van der Waals surface area contributed by atoms with Gasteiger partial charge in [0.15, 0.2) is 18.2 Å². The molecule has 3 rings (SSSR count). The Morgan fingerprint density at radius 2 is 1.69 bits per heavy atom. The van der Waals surface area contributed by atoms with Crippen LogP contribution in [-0.2, 0) is 4.79 Å². The molecule has 132 valence electrons. The number of amides is 1. The first-order chi connectivity index (χ1) is 12.5. The van der Waals surface area contributed by atoms with E-state index in [0.717, 1.165) is 0 Å². The highest BCUT2D eigenvalue weighted by atomic mass is 19.1. The summed E-state index contributed by atoms with van der Waals surface area (Å²) in [4.78, 5) is 24.1. The Morgan fingerprint density at radius 1 is 1.08 bits per heavy atom. The van der Waals surface area contributed by atoms with Crippen molar-refractivity contribution in [2.75, 3.05) is 11.9 Å². The summed E-state index contributed by atoms with van der Waals surface area (Å²) < 4.78 is 23.1. The Labute approximate surface area is 148 Å². The highest BCUT2D eigenvalue weighted by molar-refractivity contribution is 6.09. The van der Waals surface area contributed by atoms with Gasteiger partial charge >= 0.3 is 0 Å². The van der Waals surface area contributed by atoms with Crippen molar-refractivity contribution in [3.63, 3.8) is 0 Å². The average Bonchev–Trinajstić information content (AvgIpc) is 3.05. The zero-order chi connectivity index (χ0) is 18.5. The number of halogens is 1. The lowest BCUT2D eigenvalue weighted by Crippen LogP contribution is -2.20. The number of nitrogens with zero attached hydrogens (tertiary/aromatic N) is 1. The van der Waals surface area contributed by atoms with Crippen molar-refractivity contribution < 1.29 is 23.2 Å². The molecule has 0 spiro atoms. The Kier molecular flexibility index (Phi) is 5.07. The fourth-order valence-corrected chi connectivity index (χ4v) is 2.22. The van der Waals surface area contributed by atoms with E-state index in [1.165, 1.54) is 24.3 Å². The van der Waals surface area contributed by atoms with E-state index in [9.17, 15) is 14.0 Å². The molecule has 2 aromatic carbocycles. The fraction of sp³-hybridized carbons (Fsp3) is 0.105. The number of carbonyl (C=O) groups excluding carboxylic acids is 2. The third kappa shape index (κ3) is 4.32. The second-order valence-corrected chi connectivity index (χ2v) is 5.52. The lowest BCUT2D eigenvalue weighted by atomic mass is 10.0. The van der Waals surface area contributed by atoms with E-state index in [4.69, 9.17) is 9.26 Å². The largest absolute Gasteiger partial charge is 0.484 e. The van der Waals surface area contributed by atoms with Crippen LogP contribution < -0.4 is 10.1 Å². The van der Waals surface area contributed by atoms with E-state index in [1.54, 1.807) is 37.3 Å². The molecule has 3 aromatic rings. The first kappa shape index (κ1) is 17.3. The van der Waals surface area contributed by atoms with Crippen LogP contribution in [-0.4, -0.2) is 23.5 Å². The van der Waals surface area contributed by atoms with Gasteiger partial charge < -0.3 is 14.6 Å². The number of ether oxygens (including phenoxy) is 1. The van der Waals surface area contributed by atoms with Crippen LogP contribution in [0.4, 0.5) is 10.2 Å². The second-order valence-electron chi connectivity index (χ2n) is 5.52. The molecule has 1 amide bonds. The number of hydrogen-bond acceptors (Lipinski definition) is 5. The van der Waals surface area contributed by atoms with E-state index >= 15 is 0 Å². The highest BCUT2D eigenvalue weighted by Crippen LogP contribution is 2.16. The summed E-state index contributed by atoms with van der Waals surface area (Å²) in [5.41, 5.74) is 0.828. The molecule has 0 saturated heterocycles. The molecule has 6 nitrogen and oxygen atoms in total. The molecule has 0 aliphatic carbocycles. The molecule has 26 heavy (non-hydrogen) atoms. The van der Waals surface area contributed by atoms with Crippen LogP contribution in [0.2, 0.25) is 0 Å². The lowest BCUT2D eigenvalue weighted by Gasteiger charge is -2.07. The number of hydrogen-bond donors (Lipinski definition) is 1. The number of aryl methyl sites for hydroxylation is 1. The number of anilines is 1. The number of benzene rings is 2. The third-order valence-electron chi connectivity index (χ3n) is 3.49. The van der Waals surface area contributed by atoms with Crippen molar-refractivity contribution in [3.05, 3.63) is 77.3 Å². The minimum Gasteiger partial charge on any atom is -0.484 e. The molecule has 1 aromatic heterocycles. The lowest BCUT2D eigenvalue weighted by molar-refractivity contribution is -0.118. The summed E-state index contributed by atoms with van der Waals surface area (Å²) in [6.45, 7) is 1.51. The SMILES string of the molecule is Cc1cc(NC(=O)COc2ccc(C(=O)c3ccc(F)cc3)cc2)no1. The van der Waals surface area contributed by atoms with E-state index in [-0.39, 0.29) is 18.3 Å². The third-order valence-corrected chi connectivity index (χ3v) is 3.49. The number of nitrogens with one attached hydrogen (secondary N) is 1. The zero-order valence-corrected chi connectivity index (χ0v) is 13.9. The van der Waals surface area contributed by atoms with Gasteiger partial charge in [-0.25, -0.2) is 4.39 Å². The van der Waals surface area contributed by atoms with Crippen molar-refractivity contribution in [3.8, 4) is 5.75 Å². The summed E-state index contributed by atoms with van der Waals surface area (Å²) in [6.07, 6.45) is 0. The van der Waals surface area contributed by atoms with Crippen LogP contribution in [0.15, 0.2) is 59.1 Å². The molecule has 0 radical (unpaired) electrons. The minimum absolute atomic E-state index is 0.211. The maximum atomic E-state index is 12.9. The maximum Gasteiger partial charge on any atom is 0.263 e. The van der Waals surface area contributed by atoms with Gasteiger partial charge in [0.2, 0.25) is 0 Å². The van der Waals surface area contributed by atoms with Crippen molar-refractivity contribution >= 4 is 17.5 Å². The van der Waals surface area contributed by atoms with Crippen molar-refractivity contribution in [1.82, 2.24) is 5.16 Å². The second kappa shape index (κ2) is 7.60. The first-order valence-corrected chi connectivity index (χ1v) is 7.77. The topological polar surface area (TPSA) is 81.4 Å². The Hall–Kier alpha value is -3.48. The molecule has 7 heteroatoms. The van der Waals surface area contributed by atoms with Crippen LogP contribution >= 0.6 is 0 Å². The van der Waals surface area contributed by atoms with E-state index < -0.39 is 5.82 Å². The van der Waals surface area contributed by atoms with Crippen LogP contribution in [0.25, 0.3) is 0 Å². The van der Waals surface area contributed by atoms with Gasteiger partial charge in [0, 0.05) is 17.2 Å². The smallest absolute Gasteiger partial charge is 0.263 e. The number of aromatic nitrogens is 1. The maximum absolute atomic E-state index is 12.9. The molecule has 0 saturated carbocycles. The summed E-state index contributed by atoms with van der Waals surface area (Å²) in [7, 11) is 0. The highest BCUT2D eigenvalue weighted by Gasteiger charge is 2.10. The van der Waals surface area contributed by atoms with Crippen LogP contribution in [0, 0.1) is 12.7 Å². The van der Waals surface area contributed by atoms with Gasteiger partial charge in [0.05, 0.1) is 0 Å². The van der Waals surface area contributed by atoms with Gasteiger partial charge in [-0.15, -0.1) is 0 Å². The van der Waals surface area contributed by atoms with E-state index in [2.05, 4.69) is 10.5 Å². The van der Waals surface area contributed by atoms with Crippen LogP contribution in [0.1, 0.15) is 21.7 Å². The van der Waals surface area contributed by atoms with Gasteiger partial charge in [-0.05, 0) is 55.5 Å². The minimum atomic E-state index is -0.399. The van der Waals surface area contributed by atoms with Gasteiger partial charge in [0.25, 0.3) is 5.91 Å². The van der Waals surface area contributed by atoms with Gasteiger partial charge in [-0.3, -0.25) is 9.59 Å². The van der Waals surface area contributed by atoms with Crippen molar-refractivity contribution in [2.45, 2.75) is 6.92 Å². The number of rotatable bonds is 6. The predicted octanol–water partition coefficient (Wildman–Crippen LogP) is 3.37.